The lowest BCUT2D eigenvalue weighted by molar-refractivity contribution is 0.769. The molecule has 0 N–H and O–H groups in total. The molecule has 72 heavy (non-hydrogen) atoms. The Labute approximate surface area is 420 Å². The highest BCUT2D eigenvalue weighted by Crippen LogP contribution is 2.61. The maximum Gasteiger partial charge on any atom is 0.160 e. The lowest BCUT2D eigenvalue weighted by Gasteiger charge is -2.35. The molecule has 12 aromatic rings. The quantitative estimate of drug-likeness (QED) is 0.152. The first kappa shape index (κ1) is 41.7. The number of rotatable bonds is 8. The topological polar surface area (TPSA) is 25.8 Å². The molecule has 1 aromatic heterocycles. The largest absolute Gasteiger partial charge is 0.228 e. The molecule has 2 heteroatoms. The fraction of sp³-hybridized carbons (Fsp3) is 0.0286. The Kier molecular flexibility index (Phi) is 9.69. The van der Waals surface area contributed by atoms with E-state index in [1.54, 1.807) is 0 Å². The highest BCUT2D eigenvalue weighted by atomic mass is 14.9. The van der Waals surface area contributed by atoms with Crippen LogP contribution < -0.4 is 0 Å². The van der Waals surface area contributed by atoms with E-state index in [1.807, 2.05) is 0 Å². The summed E-state index contributed by atoms with van der Waals surface area (Å²) in [5.41, 5.74) is 21.1. The molecule has 2 aliphatic rings. The summed E-state index contributed by atoms with van der Waals surface area (Å²) >= 11 is 0. The molecule has 0 unspecified atom stereocenters. The summed E-state index contributed by atoms with van der Waals surface area (Å²) in [6.45, 7) is 0. The van der Waals surface area contributed by atoms with Gasteiger partial charge in [0.25, 0.3) is 0 Å². The van der Waals surface area contributed by atoms with E-state index in [-0.39, 0.29) is 0 Å². The summed E-state index contributed by atoms with van der Waals surface area (Å²) in [5.74, 6) is 0.684. The number of benzene rings is 11. The second-order valence-electron chi connectivity index (χ2n) is 19.0. The monoisotopic (exact) mass is 914 g/mol. The van der Waals surface area contributed by atoms with Gasteiger partial charge < -0.3 is 0 Å². The Hall–Kier alpha value is -9.24. The van der Waals surface area contributed by atoms with Gasteiger partial charge in [0, 0.05) is 16.7 Å². The Bertz CT molecular complexity index is 3940. The van der Waals surface area contributed by atoms with Gasteiger partial charge in [-0.05, 0) is 94.7 Å². The molecule has 0 radical (unpaired) electrons. The number of nitrogens with zero attached hydrogens (tertiary/aromatic N) is 2. The van der Waals surface area contributed by atoms with Gasteiger partial charge in [-0.25, -0.2) is 9.97 Å². The van der Waals surface area contributed by atoms with Crippen LogP contribution in [0, 0.1) is 0 Å². The summed E-state index contributed by atoms with van der Waals surface area (Å²) in [6, 6.07) is 102. The SMILES string of the molecule is c1ccc(-c2nc(-c3cccc4c3C(c3ccccc3)(c3ccccc3)c3ccccc3-4)cc(-c3ccc(-c4cccc5c4C(c4ccccc4)(c4ccccc4)c4ccccc4-5)c4ccccc34)n2)cc1. The lowest BCUT2D eigenvalue weighted by Crippen LogP contribution is -2.29. The zero-order valence-corrected chi connectivity index (χ0v) is 39.5. The van der Waals surface area contributed by atoms with Gasteiger partial charge in [0.2, 0.25) is 0 Å². The lowest BCUT2D eigenvalue weighted by atomic mass is 9.66. The van der Waals surface area contributed by atoms with E-state index in [0.29, 0.717) is 5.82 Å². The molecule has 0 atom stereocenters. The number of hydrogen-bond acceptors (Lipinski definition) is 2. The van der Waals surface area contributed by atoms with Crippen molar-refractivity contribution in [3.63, 3.8) is 0 Å². The van der Waals surface area contributed by atoms with E-state index in [4.69, 9.17) is 9.97 Å². The molecule has 0 amide bonds. The van der Waals surface area contributed by atoms with Crippen molar-refractivity contribution in [1.29, 1.82) is 0 Å². The highest BCUT2D eigenvalue weighted by molar-refractivity contribution is 6.07. The van der Waals surface area contributed by atoms with Crippen molar-refractivity contribution in [1.82, 2.24) is 9.97 Å². The van der Waals surface area contributed by atoms with E-state index in [1.165, 1.54) is 83.3 Å². The van der Waals surface area contributed by atoms with Crippen LogP contribution in [0.15, 0.2) is 279 Å². The molecule has 11 aromatic carbocycles. The van der Waals surface area contributed by atoms with Crippen LogP contribution in [0.5, 0.6) is 0 Å². The molecule has 1 heterocycles. The first-order chi connectivity index (χ1) is 35.7. The van der Waals surface area contributed by atoms with Gasteiger partial charge in [-0.3, -0.25) is 0 Å². The maximum atomic E-state index is 5.56. The third kappa shape index (κ3) is 6.09. The number of hydrogen-bond donors (Lipinski definition) is 0. The van der Waals surface area contributed by atoms with E-state index < -0.39 is 10.8 Å². The van der Waals surface area contributed by atoms with Gasteiger partial charge in [0.1, 0.15) is 0 Å². The Morgan fingerprint density at radius 2 is 0.569 bits per heavy atom. The molecule has 2 aliphatic carbocycles. The normalized spacial score (nSPS) is 13.5. The predicted octanol–water partition coefficient (Wildman–Crippen LogP) is 17.0. The highest BCUT2D eigenvalue weighted by Gasteiger charge is 2.49. The molecule has 0 aliphatic heterocycles. The third-order valence-electron chi connectivity index (χ3n) is 15.5. The van der Waals surface area contributed by atoms with Gasteiger partial charge >= 0.3 is 0 Å². The minimum Gasteiger partial charge on any atom is -0.228 e. The molecule has 2 nitrogen and oxygen atoms in total. The van der Waals surface area contributed by atoms with Crippen LogP contribution in [0.2, 0.25) is 0 Å². The molecule has 14 rings (SSSR count). The minimum atomic E-state index is -0.609. The number of aromatic nitrogens is 2. The van der Waals surface area contributed by atoms with Crippen LogP contribution in [-0.4, -0.2) is 9.97 Å². The molecule has 0 bridgehead atoms. The van der Waals surface area contributed by atoms with Crippen LogP contribution in [0.25, 0.3) is 78.1 Å². The maximum absolute atomic E-state index is 5.56. The zero-order valence-electron chi connectivity index (χ0n) is 39.5. The van der Waals surface area contributed by atoms with Crippen molar-refractivity contribution in [2.24, 2.45) is 0 Å². The average Bonchev–Trinajstić information content (AvgIpc) is 3.95. The molecular formula is C70H46N2. The van der Waals surface area contributed by atoms with Crippen molar-refractivity contribution in [3.8, 4) is 67.3 Å². The van der Waals surface area contributed by atoms with Crippen molar-refractivity contribution >= 4 is 10.8 Å². The zero-order chi connectivity index (χ0) is 47.6. The fourth-order valence-corrected chi connectivity index (χ4v) is 12.6. The van der Waals surface area contributed by atoms with Crippen molar-refractivity contribution < 1.29 is 0 Å². The van der Waals surface area contributed by atoms with Crippen molar-refractivity contribution in [3.05, 3.63) is 324 Å². The standard InChI is InChI=1S/C70H46N2/c1-6-24-47(25-7-1)68-71-64(46-65(72-68)61-41-23-40-60-56-37-19-21-43-63(56)70(67(60)61,50-30-12-4-13-31-50)51-32-14-5-15-33-51)57-45-44-54(52-34-16-17-35-53(52)57)58-38-22-39-59-55-36-18-20-42-62(55)69(66(58)59,48-26-8-2-9-27-48)49-28-10-3-11-29-49/h1-46H. The van der Waals surface area contributed by atoms with Crippen molar-refractivity contribution in [2.45, 2.75) is 10.8 Å². The van der Waals surface area contributed by atoms with Gasteiger partial charge in [-0.2, -0.15) is 0 Å². The van der Waals surface area contributed by atoms with Gasteiger partial charge in [-0.15, -0.1) is 0 Å². The van der Waals surface area contributed by atoms with Crippen LogP contribution >= 0.6 is 0 Å². The molecule has 0 saturated carbocycles. The van der Waals surface area contributed by atoms with E-state index in [0.717, 1.165) is 33.5 Å². The molecular weight excluding hydrogens is 869 g/mol. The van der Waals surface area contributed by atoms with Crippen LogP contribution in [0.3, 0.4) is 0 Å². The van der Waals surface area contributed by atoms with Crippen LogP contribution in [-0.2, 0) is 10.8 Å². The average molecular weight is 915 g/mol. The summed E-state index contributed by atoms with van der Waals surface area (Å²) in [6.07, 6.45) is 0. The number of fused-ring (bicyclic) bond motifs is 7. The first-order valence-corrected chi connectivity index (χ1v) is 24.9. The summed E-state index contributed by atoms with van der Waals surface area (Å²) in [5, 5.41) is 2.30. The van der Waals surface area contributed by atoms with Crippen LogP contribution in [0.1, 0.15) is 44.5 Å². The van der Waals surface area contributed by atoms with E-state index >= 15 is 0 Å². The van der Waals surface area contributed by atoms with Crippen molar-refractivity contribution in [2.75, 3.05) is 0 Å². The Morgan fingerprint density at radius 3 is 1.06 bits per heavy atom. The smallest absolute Gasteiger partial charge is 0.160 e. The molecule has 0 saturated heterocycles. The molecule has 0 spiro atoms. The van der Waals surface area contributed by atoms with Gasteiger partial charge in [0.15, 0.2) is 5.82 Å². The second-order valence-corrected chi connectivity index (χ2v) is 19.0. The first-order valence-electron chi connectivity index (χ1n) is 24.9. The second kappa shape index (κ2) is 16.7. The third-order valence-corrected chi connectivity index (χ3v) is 15.5. The summed E-state index contributed by atoms with van der Waals surface area (Å²) in [4.78, 5) is 11.1. The van der Waals surface area contributed by atoms with E-state index in [2.05, 4.69) is 279 Å². The predicted molar refractivity (Wildman–Crippen MR) is 296 cm³/mol. The summed E-state index contributed by atoms with van der Waals surface area (Å²) in [7, 11) is 0. The molecule has 336 valence electrons. The van der Waals surface area contributed by atoms with Gasteiger partial charge in [-0.1, -0.05) is 273 Å². The molecule has 0 fully saturated rings. The Balaban J connectivity index is 1.02. The minimum absolute atomic E-state index is 0.554. The van der Waals surface area contributed by atoms with E-state index in [9.17, 15) is 0 Å². The van der Waals surface area contributed by atoms with Gasteiger partial charge in [0.05, 0.1) is 22.2 Å². The fourth-order valence-electron chi connectivity index (χ4n) is 12.6. The summed E-state index contributed by atoms with van der Waals surface area (Å²) < 4.78 is 0. The van der Waals surface area contributed by atoms with Crippen LogP contribution in [0.4, 0.5) is 0 Å². The Morgan fingerprint density at radius 1 is 0.236 bits per heavy atom.